The number of fused-ring (bicyclic) bond motifs is 1. The minimum Gasteiger partial charge on any atom is -0.497 e. The first-order valence-corrected chi connectivity index (χ1v) is 23.2. The molecule has 1 saturated heterocycles. The number of nitrogens with one attached hydrogen (secondary N) is 1. The van der Waals surface area contributed by atoms with Crippen molar-refractivity contribution in [2.75, 3.05) is 41.5 Å². The Balaban J connectivity index is 1.39. The number of hydrogen-bond donors (Lipinski definition) is 1. The number of ether oxygens (including phenoxy) is 4. The molecule has 1 unspecified atom stereocenters. The molecule has 4 atom stereocenters. The third kappa shape index (κ3) is 10.5. The van der Waals surface area contributed by atoms with E-state index in [9.17, 15) is 10.1 Å². The predicted octanol–water partition coefficient (Wildman–Crippen LogP) is 9.29. The maximum atomic E-state index is 13.8. The number of aliphatic imine (C=N–C) groups is 1. The van der Waals surface area contributed by atoms with Crippen molar-refractivity contribution in [2.45, 2.75) is 83.6 Å². The zero-order valence-corrected chi connectivity index (χ0v) is 39.9. The number of aryl methyl sites for hydroxylation is 1. The minimum absolute atomic E-state index is 0.0394. The summed E-state index contributed by atoms with van der Waals surface area (Å²) in [5, 5.41) is 9.53. The summed E-state index contributed by atoms with van der Waals surface area (Å²) in [5.41, 5.74) is 3.29. The average molecular weight is 915 g/mol. The highest BCUT2D eigenvalue weighted by Gasteiger charge is 2.46. The van der Waals surface area contributed by atoms with Crippen LogP contribution in [0.5, 0.6) is 11.5 Å². The fourth-order valence-electron chi connectivity index (χ4n) is 8.19. The maximum absolute atomic E-state index is 13.8. The molecular weight excluding hydrogens is 856 g/mol. The Bertz CT molecular complexity index is 2590. The van der Waals surface area contributed by atoms with Gasteiger partial charge >= 0.3 is 0 Å². The summed E-state index contributed by atoms with van der Waals surface area (Å²) in [7, 11) is 5.23. The highest BCUT2D eigenvalue weighted by molar-refractivity contribution is 7.44. The van der Waals surface area contributed by atoms with Crippen LogP contribution >= 0.6 is 8.53 Å². The van der Waals surface area contributed by atoms with Crippen LogP contribution in [0.25, 0.3) is 22.6 Å². The van der Waals surface area contributed by atoms with Crippen molar-refractivity contribution in [3.8, 4) is 29.0 Å². The van der Waals surface area contributed by atoms with Crippen LogP contribution < -0.4 is 15.0 Å². The van der Waals surface area contributed by atoms with Crippen molar-refractivity contribution in [3.05, 3.63) is 136 Å². The van der Waals surface area contributed by atoms with E-state index in [0.717, 1.165) is 27.8 Å². The Labute approximate surface area is 387 Å². The molecule has 3 heterocycles. The van der Waals surface area contributed by atoms with Gasteiger partial charge in [-0.15, -0.1) is 0 Å². The smallest absolute Gasteiger partial charge is 0.280 e. The van der Waals surface area contributed by atoms with Gasteiger partial charge in [-0.25, -0.2) is 14.6 Å². The first kappa shape index (κ1) is 48.0. The van der Waals surface area contributed by atoms with E-state index in [4.69, 9.17) is 38.0 Å². The molecule has 0 amide bonds. The SMILES string of the molecule is COc1ccc(C(OC[C@H]2O[C@@H](n3c(-c4ccc(C)cc4)nc4c(=O)[nH]c(N=CN(C)C)nc43)C[C@@H]2OP(OCCC#N)N(C(C)C)C(C)C)(c2ccccc2)c2ccc(OC)cc2)cc1. The molecule has 66 heavy (non-hydrogen) atoms. The van der Waals surface area contributed by atoms with Gasteiger partial charge in [-0.3, -0.25) is 14.3 Å². The molecule has 0 spiro atoms. The topological polar surface area (TPSA) is 162 Å². The normalized spacial score (nSPS) is 17.0. The summed E-state index contributed by atoms with van der Waals surface area (Å²) in [6.45, 7) is 10.6. The second-order valence-electron chi connectivity index (χ2n) is 16.8. The Kier molecular flexibility index (Phi) is 15.7. The van der Waals surface area contributed by atoms with Crippen LogP contribution in [0.1, 0.15) is 69.0 Å². The average Bonchev–Trinajstić information content (AvgIpc) is 3.90. The quantitative estimate of drug-likeness (QED) is 0.0255. The minimum atomic E-state index is -1.72. The van der Waals surface area contributed by atoms with Gasteiger partial charge in [0.25, 0.3) is 14.1 Å². The van der Waals surface area contributed by atoms with Gasteiger partial charge in [-0.2, -0.15) is 10.2 Å². The van der Waals surface area contributed by atoms with E-state index in [1.807, 2.05) is 117 Å². The lowest BCUT2D eigenvalue weighted by Crippen LogP contribution is -2.39. The number of benzene rings is 4. The van der Waals surface area contributed by atoms with E-state index in [1.54, 1.807) is 25.5 Å². The van der Waals surface area contributed by atoms with Gasteiger partial charge in [0.2, 0.25) is 5.95 Å². The van der Waals surface area contributed by atoms with Crippen LogP contribution in [-0.2, 0) is 24.1 Å². The predicted molar refractivity (Wildman–Crippen MR) is 257 cm³/mol. The number of rotatable bonds is 20. The first-order chi connectivity index (χ1) is 31.9. The zero-order valence-electron chi connectivity index (χ0n) is 39.0. The van der Waals surface area contributed by atoms with E-state index < -0.39 is 38.1 Å². The molecule has 16 heteroatoms. The summed E-state index contributed by atoms with van der Waals surface area (Å²) in [4.78, 5) is 32.6. The molecule has 15 nitrogen and oxygen atoms in total. The van der Waals surface area contributed by atoms with Crippen molar-refractivity contribution in [1.82, 2.24) is 29.1 Å². The van der Waals surface area contributed by atoms with Crippen LogP contribution in [0.15, 0.2) is 113 Å². The van der Waals surface area contributed by atoms with Gasteiger partial charge in [0.05, 0.1) is 52.4 Å². The Morgan fingerprint density at radius 1 is 0.909 bits per heavy atom. The lowest BCUT2D eigenvalue weighted by molar-refractivity contribution is -0.0909. The number of methoxy groups -OCH3 is 2. The van der Waals surface area contributed by atoms with Crippen molar-refractivity contribution >= 4 is 32.0 Å². The van der Waals surface area contributed by atoms with Crippen molar-refractivity contribution in [2.24, 2.45) is 4.99 Å². The summed E-state index contributed by atoms with van der Waals surface area (Å²) < 4.78 is 43.6. The summed E-state index contributed by atoms with van der Waals surface area (Å²) in [5.74, 6) is 2.02. The van der Waals surface area contributed by atoms with E-state index >= 15 is 0 Å². The Hall–Kier alpha value is -5.98. The van der Waals surface area contributed by atoms with Crippen LogP contribution in [0.4, 0.5) is 5.95 Å². The molecule has 0 saturated carbocycles. The second kappa shape index (κ2) is 21.5. The number of nitriles is 1. The molecule has 346 valence electrons. The number of imidazole rings is 1. The molecule has 1 aliphatic rings. The molecule has 0 bridgehead atoms. The van der Waals surface area contributed by atoms with Crippen LogP contribution in [0.2, 0.25) is 0 Å². The zero-order chi connectivity index (χ0) is 47.0. The molecule has 7 rings (SSSR count). The molecule has 6 aromatic rings. The van der Waals surface area contributed by atoms with Gasteiger partial charge in [0.15, 0.2) is 11.2 Å². The van der Waals surface area contributed by atoms with Gasteiger partial charge in [0.1, 0.15) is 35.3 Å². The van der Waals surface area contributed by atoms with Crippen LogP contribution in [0.3, 0.4) is 0 Å². The fourth-order valence-corrected chi connectivity index (χ4v) is 9.95. The highest BCUT2D eigenvalue weighted by atomic mass is 31.2. The van der Waals surface area contributed by atoms with Gasteiger partial charge in [0, 0.05) is 38.2 Å². The van der Waals surface area contributed by atoms with E-state index in [0.29, 0.717) is 29.4 Å². The molecule has 4 aromatic carbocycles. The third-order valence-electron chi connectivity index (χ3n) is 11.3. The van der Waals surface area contributed by atoms with Crippen molar-refractivity contribution in [1.29, 1.82) is 5.26 Å². The fraction of sp³-hybridized carbons (Fsp3) is 0.380. The Morgan fingerprint density at radius 3 is 2.08 bits per heavy atom. The van der Waals surface area contributed by atoms with Crippen molar-refractivity contribution < 1.29 is 28.0 Å². The molecule has 2 aromatic heterocycles. The standard InChI is InChI=1S/C50H59N8O7P/c1-33(2)58(34(3)4)66(63-29-13-28-51)65-42-30-44(57-46(36-18-16-35(5)17-19-36)53-45-47(57)54-49(55-48(45)59)52-32-56(6)7)64-43(42)31-62-50(37-14-11-10-12-15-37,38-20-24-40(60-8)25-21-38)39-22-26-41(61-9)27-23-39/h10-12,14-27,32-34,42-44H,13,29-31H2,1-9H3,(H,54,55,59)/t42-,43+,44+,66?/m0/s1. The maximum Gasteiger partial charge on any atom is 0.280 e. The molecule has 1 fully saturated rings. The van der Waals surface area contributed by atoms with Gasteiger partial charge in [-0.1, -0.05) is 84.4 Å². The van der Waals surface area contributed by atoms with Crippen LogP contribution in [0, 0.1) is 18.3 Å². The number of aromatic amines is 1. The van der Waals surface area contributed by atoms with E-state index in [2.05, 4.69) is 60.5 Å². The third-order valence-corrected chi connectivity index (χ3v) is 13.4. The van der Waals surface area contributed by atoms with Crippen molar-refractivity contribution in [3.63, 3.8) is 0 Å². The largest absolute Gasteiger partial charge is 0.497 e. The van der Waals surface area contributed by atoms with Gasteiger partial charge < -0.3 is 32.9 Å². The molecule has 1 N–H and O–H groups in total. The lowest BCUT2D eigenvalue weighted by Gasteiger charge is -2.39. The Morgan fingerprint density at radius 2 is 1.52 bits per heavy atom. The number of aromatic nitrogens is 4. The summed E-state index contributed by atoms with van der Waals surface area (Å²) in [6.07, 6.45) is -0.0103. The first-order valence-electron chi connectivity index (χ1n) is 22.1. The molecule has 1 aliphatic heterocycles. The highest BCUT2D eigenvalue weighted by Crippen LogP contribution is 2.51. The molecule has 0 radical (unpaired) electrons. The lowest BCUT2D eigenvalue weighted by atomic mass is 9.80. The van der Waals surface area contributed by atoms with E-state index in [1.165, 1.54) is 0 Å². The number of nitrogens with zero attached hydrogens (tertiary/aromatic N) is 7. The number of hydrogen-bond acceptors (Lipinski definition) is 12. The summed E-state index contributed by atoms with van der Waals surface area (Å²) in [6, 6.07) is 36.1. The monoisotopic (exact) mass is 914 g/mol. The van der Waals surface area contributed by atoms with E-state index in [-0.39, 0.29) is 43.2 Å². The number of H-pyrrole nitrogens is 1. The summed E-state index contributed by atoms with van der Waals surface area (Å²) >= 11 is 0. The van der Waals surface area contributed by atoms with Gasteiger partial charge in [-0.05, 0) is 75.6 Å². The molecule has 0 aliphatic carbocycles. The van der Waals surface area contributed by atoms with Crippen LogP contribution in [-0.4, -0.2) is 101 Å². The second-order valence-corrected chi connectivity index (χ2v) is 18.2. The molecular formula is C50H59N8O7P.